The Morgan fingerprint density at radius 1 is 1.35 bits per heavy atom. The average Bonchev–Trinajstić information content (AvgIpc) is 2.64. The van der Waals surface area contributed by atoms with Gasteiger partial charge in [-0.1, -0.05) is 30.3 Å². The van der Waals surface area contributed by atoms with Gasteiger partial charge < -0.3 is 0 Å². The van der Waals surface area contributed by atoms with Crippen LogP contribution < -0.4 is 4.13 Å². The third kappa shape index (κ3) is 4.27. The molecule has 1 aliphatic rings. The summed E-state index contributed by atoms with van der Waals surface area (Å²) in [5.74, 6) is 0. The van der Waals surface area contributed by atoms with Gasteiger partial charge in [0.1, 0.15) is 0 Å². The molecule has 1 atom stereocenters. The van der Waals surface area contributed by atoms with E-state index in [-0.39, 0.29) is 0 Å². The van der Waals surface area contributed by atoms with Crippen molar-refractivity contribution in [3.63, 3.8) is 0 Å². The van der Waals surface area contributed by atoms with Crippen LogP contribution >= 0.6 is 10.8 Å². The Hall–Kier alpha value is -0.630. The number of sulfonamides is 1. The molecule has 0 bridgehead atoms. The molecule has 1 aromatic rings. The van der Waals surface area contributed by atoms with E-state index < -0.39 is 19.9 Å². The molecule has 0 aliphatic carbocycles. The Bertz CT molecular complexity index is 564. The van der Waals surface area contributed by atoms with Gasteiger partial charge in [-0.05, 0) is 16.4 Å². The van der Waals surface area contributed by atoms with Crippen LogP contribution in [-0.4, -0.2) is 14.7 Å². The van der Waals surface area contributed by atoms with Crippen LogP contribution in [-0.2, 0) is 26.4 Å². The van der Waals surface area contributed by atoms with Crippen LogP contribution in [0.25, 0.3) is 0 Å². The maximum atomic E-state index is 11.1. The molecule has 0 fully saturated rings. The molecule has 2 rings (SSSR count). The summed E-state index contributed by atoms with van der Waals surface area (Å²) in [6.07, 6.45) is 3.69. The molecule has 1 aromatic carbocycles. The van der Waals surface area contributed by atoms with Gasteiger partial charge in [0, 0.05) is 17.5 Å². The summed E-state index contributed by atoms with van der Waals surface area (Å²) in [5.41, 5.74) is 1.20. The van der Waals surface area contributed by atoms with Crippen molar-refractivity contribution in [2.24, 2.45) is 4.36 Å². The average molecular weight is 288 g/mol. The normalized spacial score (nSPS) is 19.8. The quantitative estimate of drug-likeness (QED) is 0.862. The number of rotatable bonds is 4. The molecule has 0 saturated heterocycles. The standard InChI is InChI=1S/C10H12N2O2S3/c1-17(13,14)12-16-11-8-10(15-16)7-9-5-3-2-4-6-9/h2-6,8H,7H2,1H3,(H,11,12). The van der Waals surface area contributed by atoms with Crippen LogP contribution in [0, 0.1) is 0 Å². The van der Waals surface area contributed by atoms with Gasteiger partial charge in [-0.25, -0.2) is 12.8 Å². The highest BCUT2D eigenvalue weighted by Crippen LogP contribution is 2.30. The van der Waals surface area contributed by atoms with Gasteiger partial charge in [-0.15, -0.1) is 4.13 Å². The second-order valence-electron chi connectivity index (χ2n) is 3.55. The van der Waals surface area contributed by atoms with Gasteiger partial charge in [0.2, 0.25) is 10.0 Å². The minimum atomic E-state index is -3.19. The molecule has 0 spiro atoms. The van der Waals surface area contributed by atoms with E-state index in [4.69, 9.17) is 0 Å². The van der Waals surface area contributed by atoms with Gasteiger partial charge in [0.25, 0.3) is 0 Å². The van der Waals surface area contributed by atoms with Crippen molar-refractivity contribution in [2.45, 2.75) is 6.42 Å². The largest absolute Gasteiger partial charge is 0.219 e. The van der Waals surface area contributed by atoms with Crippen LogP contribution in [0.1, 0.15) is 5.56 Å². The maximum absolute atomic E-state index is 11.1. The van der Waals surface area contributed by atoms with Gasteiger partial charge in [0.15, 0.2) is 0 Å². The minimum Gasteiger partial charge on any atom is -0.212 e. The number of hydrogen-bond donors (Lipinski definition) is 1. The molecular formula is C10H12N2O2S3. The van der Waals surface area contributed by atoms with Crippen molar-refractivity contribution in [1.29, 1.82) is 0 Å². The van der Waals surface area contributed by atoms with E-state index in [0.717, 1.165) is 17.6 Å². The lowest BCUT2D eigenvalue weighted by molar-refractivity contribution is 0.600. The molecule has 17 heavy (non-hydrogen) atoms. The van der Waals surface area contributed by atoms with Crippen LogP contribution in [0.5, 0.6) is 0 Å². The third-order valence-corrected chi connectivity index (χ3v) is 6.61. The Morgan fingerprint density at radius 2 is 2.06 bits per heavy atom. The van der Waals surface area contributed by atoms with Gasteiger partial charge in [-0.2, -0.15) is 0 Å². The molecule has 92 valence electrons. The first-order valence-corrected chi connectivity index (χ1v) is 9.27. The molecule has 1 unspecified atom stereocenters. The predicted molar refractivity (Wildman–Crippen MR) is 73.6 cm³/mol. The van der Waals surface area contributed by atoms with Gasteiger partial charge >= 0.3 is 0 Å². The van der Waals surface area contributed by atoms with Crippen molar-refractivity contribution in [1.82, 2.24) is 4.13 Å². The molecule has 0 radical (unpaired) electrons. The van der Waals surface area contributed by atoms with Crippen molar-refractivity contribution in [2.75, 3.05) is 6.26 Å². The Labute approximate surface area is 107 Å². The fourth-order valence-electron chi connectivity index (χ4n) is 1.29. The number of nitrogens with zero attached hydrogens (tertiary/aromatic N) is 1. The molecule has 0 saturated carbocycles. The second-order valence-corrected chi connectivity index (χ2v) is 8.61. The van der Waals surface area contributed by atoms with Crippen LogP contribution in [0.3, 0.4) is 0 Å². The zero-order valence-corrected chi connectivity index (χ0v) is 11.6. The lowest BCUT2D eigenvalue weighted by Gasteiger charge is -2.04. The highest BCUT2D eigenvalue weighted by molar-refractivity contribution is 8.72. The van der Waals surface area contributed by atoms with Crippen LogP contribution in [0.15, 0.2) is 45.8 Å². The van der Waals surface area contributed by atoms with Crippen molar-refractivity contribution < 1.29 is 8.42 Å². The van der Waals surface area contributed by atoms with Crippen LogP contribution in [0.2, 0.25) is 0 Å². The molecule has 1 aliphatic heterocycles. The van der Waals surface area contributed by atoms with Crippen LogP contribution in [0.4, 0.5) is 0 Å². The van der Waals surface area contributed by atoms with Crippen molar-refractivity contribution in [3.05, 3.63) is 47.0 Å². The van der Waals surface area contributed by atoms with E-state index in [1.54, 1.807) is 6.20 Å². The first-order valence-electron chi connectivity index (χ1n) is 4.87. The number of nitrogens with one attached hydrogen (secondary N) is 1. The molecular weight excluding hydrogens is 276 g/mol. The summed E-state index contributed by atoms with van der Waals surface area (Å²) >= 11 is 0. The third-order valence-electron chi connectivity index (χ3n) is 1.92. The number of allylic oxidation sites excluding steroid dienone is 1. The summed E-state index contributed by atoms with van der Waals surface area (Å²) in [7, 11) is -2.41. The first-order chi connectivity index (χ1) is 8.03. The Kier molecular flexibility index (Phi) is 4.03. The van der Waals surface area contributed by atoms with Crippen molar-refractivity contribution >= 4 is 30.7 Å². The van der Waals surface area contributed by atoms with E-state index in [1.807, 2.05) is 30.3 Å². The summed E-state index contributed by atoms with van der Waals surface area (Å²) < 4.78 is 28.7. The SMILES string of the molecule is CS(=O)(=O)NS1=NC=C(Cc2ccccc2)S1. The fourth-order valence-corrected chi connectivity index (χ4v) is 6.08. The van der Waals surface area contributed by atoms with Gasteiger partial charge in [0.05, 0.1) is 16.2 Å². The molecule has 1 heterocycles. The topological polar surface area (TPSA) is 58.5 Å². The number of hydrogen-bond acceptors (Lipinski definition) is 4. The summed E-state index contributed by atoms with van der Waals surface area (Å²) in [6.45, 7) is 0. The minimum absolute atomic E-state index is 0.689. The lowest BCUT2D eigenvalue weighted by atomic mass is 10.1. The van der Waals surface area contributed by atoms with E-state index in [2.05, 4.69) is 8.49 Å². The van der Waals surface area contributed by atoms with Gasteiger partial charge in [-0.3, -0.25) is 0 Å². The first kappa shape index (κ1) is 12.8. The molecule has 4 nitrogen and oxygen atoms in total. The van der Waals surface area contributed by atoms with E-state index in [9.17, 15) is 8.42 Å². The predicted octanol–water partition coefficient (Wildman–Crippen LogP) is 2.00. The maximum Gasteiger partial charge on any atom is 0.219 e. The highest BCUT2D eigenvalue weighted by atomic mass is 33.1. The molecule has 1 N–H and O–H groups in total. The monoisotopic (exact) mass is 288 g/mol. The van der Waals surface area contributed by atoms with E-state index >= 15 is 0 Å². The van der Waals surface area contributed by atoms with Crippen molar-refractivity contribution in [3.8, 4) is 0 Å². The summed E-state index contributed by atoms with van der Waals surface area (Å²) in [4.78, 5) is 1.08. The number of benzene rings is 1. The van der Waals surface area contributed by atoms with E-state index in [0.29, 0.717) is 0 Å². The lowest BCUT2D eigenvalue weighted by Crippen LogP contribution is -2.21. The van der Waals surface area contributed by atoms with E-state index in [1.165, 1.54) is 16.4 Å². The Balaban J connectivity index is 1.93. The molecule has 7 heteroatoms. The zero-order chi connectivity index (χ0) is 12.3. The smallest absolute Gasteiger partial charge is 0.212 e. The zero-order valence-electron chi connectivity index (χ0n) is 9.16. The molecule has 0 amide bonds. The summed E-state index contributed by atoms with van der Waals surface area (Å²) in [5, 5.41) is 0. The molecule has 0 aromatic heterocycles. The Morgan fingerprint density at radius 3 is 2.71 bits per heavy atom. The fraction of sp³-hybridized carbons (Fsp3) is 0.200. The highest BCUT2D eigenvalue weighted by Gasteiger charge is 2.14. The second kappa shape index (κ2) is 5.34. The summed E-state index contributed by atoms with van der Waals surface area (Å²) in [6, 6.07) is 10.0.